The zero-order chi connectivity index (χ0) is 24.1. The largest absolute Gasteiger partial charge is 0.395 e. The molecule has 0 aromatic carbocycles. The van der Waals surface area contributed by atoms with Crippen LogP contribution in [-0.2, 0) is 16.9 Å². The molecule has 1 amide bonds. The Balaban J connectivity index is 1.92. The number of pyridine rings is 1. The molecule has 32 heavy (non-hydrogen) atoms. The second-order valence-corrected chi connectivity index (χ2v) is 9.79. The molecule has 2 heterocycles. The van der Waals surface area contributed by atoms with Crippen LogP contribution >= 0.6 is 0 Å². The number of rotatable bonds is 6. The van der Waals surface area contributed by atoms with E-state index in [1.54, 1.807) is 0 Å². The minimum absolute atomic E-state index is 0.131. The molecule has 176 valence electrons. The summed E-state index contributed by atoms with van der Waals surface area (Å²) in [6.45, 7) is 1.40. The van der Waals surface area contributed by atoms with Crippen molar-refractivity contribution < 1.29 is 39.6 Å². The molecule has 6 nitrogen and oxygen atoms in total. The summed E-state index contributed by atoms with van der Waals surface area (Å²) in [6.07, 6.45) is -7.54. The topological polar surface area (TPSA) is 81.1 Å². The average Bonchev–Trinajstić information content (AvgIpc) is 2.91. The number of carbonyl (C=O) groups is 1. The maximum Gasteiger partial charge on any atom is 0.395 e. The second kappa shape index (κ2) is 8.09. The van der Waals surface area contributed by atoms with E-state index in [1.165, 1.54) is 13.0 Å². The molecule has 0 unspecified atom stereocenters. The quantitative estimate of drug-likeness (QED) is 0.611. The fourth-order valence-electron chi connectivity index (χ4n) is 3.67. The number of amides is 1. The molecule has 2 aromatic heterocycles. The average molecular weight is 483 g/mol. The lowest BCUT2D eigenvalue weighted by Gasteiger charge is -2.42. The highest BCUT2D eigenvalue weighted by atomic mass is 32.2. The molecule has 1 aliphatic carbocycles. The Hall–Kier alpha value is -2.57. The van der Waals surface area contributed by atoms with Crippen molar-refractivity contribution >= 4 is 21.4 Å². The van der Waals surface area contributed by atoms with E-state index in [0.717, 1.165) is 23.9 Å². The van der Waals surface area contributed by atoms with Crippen LogP contribution in [0.4, 0.5) is 32.0 Å². The van der Waals surface area contributed by atoms with E-state index in [0.29, 0.717) is 0 Å². The van der Waals surface area contributed by atoms with Gasteiger partial charge in [-0.15, -0.1) is 0 Å². The molecule has 2 aromatic rings. The van der Waals surface area contributed by atoms with Gasteiger partial charge in [-0.05, 0) is 31.9 Å². The monoisotopic (exact) mass is 483 g/mol. The maximum absolute atomic E-state index is 14.9. The van der Waals surface area contributed by atoms with Gasteiger partial charge in [0.1, 0.15) is 16.3 Å². The number of aromatic nitrogens is 2. The number of hydrogen-bond acceptors (Lipinski definition) is 4. The summed E-state index contributed by atoms with van der Waals surface area (Å²) in [4.78, 5) is 15.1. The van der Waals surface area contributed by atoms with Crippen LogP contribution in [0.3, 0.4) is 0 Å². The molecule has 0 aliphatic heterocycles. The van der Waals surface area contributed by atoms with Crippen molar-refractivity contribution in [1.29, 1.82) is 0 Å². The van der Waals surface area contributed by atoms with Crippen LogP contribution in [0.5, 0.6) is 0 Å². The number of nitrogens with zero attached hydrogens (tertiary/aromatic N) is 2. The van der Waals surface area contributed by atoms with Crippen molar-refractivity contribution in [1.82, 2.24) is 9.55 Å². The van der Waals surface area contributed by atoms with Gasteiger partial charge < -0.3 is 9.88 Å². The summed E-state index contributed by atoms with van der Waals surface area (Å²) in [6, 6.07) is 2.11. The summed E-state index contributed by atoms with van der Waals surface area (Å²) in [7, 11) is -3.59. The first kappa shape index (κ1) is 24.1. The summed E-state index contributed by atoms with van der Waals surface area (Å²) in [5, 5.41) is 2.19. The molecule has 1 fully saturated rings. The number of alkyl halides is 5. The molecule has 0 atom stereocenters. The predicted molar refractivity (Wildman–Crippen MR) is 102 cm³/mol. The molecule has 0 bridgehead atoms. The molecule has 13 heteroatoms. The van der Waals surface area contributed by atoms with E-state index < -0.39 is 61.6 Å². The van der Waals surface area contributed by atoms with Crippen LogP contribution in [0.25, 0.3) is 0 Å². The normalized spacial score (nSPS) is 16.2. The van der Waals surface area contributed by atoms with E-state index >= 15 is 0 Å². The first-order valence-electron chi connectivity index (χ1n) is 9.39. The van der Waals surface area contributed by atoms with Crippen LogP contribution in [0.15, 0.2) is 23.2 Å². The lowest BCUT2D eigenvalue weighted by atomic mass is 9.70. The number of sulfone groups is 1. The lowest BCUT2D eigenvalue weighted by molar-refractivity contribution is -0.241. The predicted octanol–water partition coefficient (Wildman–Crippen LogP) is 4.56. The van der Waals surface area contributed by atoms with E-state index in [1.807, 2.05) is 0 Å². The Morgan fingerprint density at radius 3 is 2.41 bits per heavy atom. The van der Waals surface area contributed by atoms with Gasteiger partial charge in [0.15, 0.2) is 15.7 Å². The smallest absolute Gasteiger partial charge is 0.343 e. The highest BCUT2D eigenvalue weighted by molar-refractivity contribution is 7.91. The van der Waals surface area contributed by atoms with Crippen molar-refractivity contribution in [2.24, 2.45) is 12.5 Å². The van der Waals surface area contributed by atoms with Gasteiger partial charge in [-0.1, -0.05) is 6.42 Å². The van der Waals surface area contributed by atoms with Gasteiger partial charge in [0, 0.05) is 24.6 Å². The van der Waals surface area contributed by atoms with E-state index in [2.05, 4.69) is 10.3 Å². The molecule has 1 saturated carbocycles. The van der Waals surface area contributed by atoms with Crippen LogP contribution in [0, 0.1) is 18.2 Å². The van der Waals surface area contributed by atoms with Crippen LogP contribution in [0.1, 0.15) is 47.6 Å². The van der Waals surface area contributed by atoms with Gasteiger partial charge in [-0.3, -0.25) is 9.78 Å². The van der Waals surface area contributed by atoms with Gasteiger partial charge in [-0.25, -0.2) is 21.6 Å². The first-order valence-corrected chi connectivity index (χ1v) is 11.0. The van der Waals surface area contributed by atoms with Gasteiger partial charge >= 0.3 is 6.18 Å². The number of nitrogens with one attached hydrogen (secondary N) is 1. The number of carbonyl (C=O) groups excluding carboxylic acids is 1. The standard InChI is InChI=1S/C19H19F6N3O3S/c1-10-6-11(7-12(26-10)16(21)22)27-17(29)15-14(20)13(8-28(15)2)32(30,31)9-18(4-3-5-18)19(23,24)25/h6-8,16H,3-5,9H2,1-2H3,(H,26,27,29). The number of aryl methyl sites for hydroxylation is 2. The summed E-state index contributed by atoms with van der Waals surface area (Å²) in [5.74, 6) is -4.00. The molecular weight excluding hydrogens is 464 g/mol. The molecule has 1 aliphatic rings. The van der Waals surface area contributed by atoms with Gasteiger partial charge in [0.2, 0.25) is 0 Å². The SMILES string of the molecule is Cc1cc(NC(=O)c2c(F)c(S(=O)(=O)CC3(C(F)(F)F)CCC3)cn2C)cc(C(F)F)n1. The highest BCUT2D eigenvalue weighted by Crippen LogP contribution is 2.54. The van der Waals surface area contributed by atoms with E-state index in [-0.39, 0.29) is 30.6 Å². The minimum atomic E-state index is -4.77. The Morgan fingerprint density at radius 2 is 1.91 bits per heavy atom. The highest BCUT2D eigenvalue weighted by Gasteiger charge is 2.60. The summed E-state index contributed by atoms with van der Waals surface area (Å²) >= 11 is 0. The van der Waals surface area contributed by atoms with Crippen molar-refractivity contribution in [2.75, 3.05) is 11.1 Å². The number of halogens is 6. The summed E-state index contributed by atoms with van der Waals surface area (Å²) in [5.41, 5.74) is -3.84. The van der Waals surface area contributed by atoms with Crippen molar-refractivity contribution in [3.63, 3.8) is 0 Å². The first-order chi connectivity index (χ1) is 14.7. The molecule has 1 N–H and O–H groups in total. The van der Waals surface area contributed by atoms with Crippen molar-refractivity contribution in [3.05, 3.63) is 41.2 Å². The third-order valence-electron chi connectivity index (χ3n) is 5.47. The van der Waals surface area contributed by atoms with Crippen molar-refractivity contribution in [3.8, 4) is 0 Å². The number of hydrogen-bond donors (Lipinski definition) is 1. The van der Waals surface area contributed by atoms with E-state index in [4.69, 9.17) is 0 Å². The van der Waals surface area contributed by atoms with Crippen molar-refractivity contribution in [2.45, 2.75) is 43.7 Å². The third kappa shape index (κ3) is 4.34. The molecule has 3 rings (SSSR count). The maximum atomic E-state index is 14.9. The fourth-order valence-corrected chi connectivity index (χ4v) is 5.69. The third-order valence-corrected chi connectivity index (χ3v) is 7.36. The zero-order valence-electron chi connectivity index (χ0n) is 16.9. The molecule has 0 spiro atoms. The van der Waals surface area contributed by atoms with Gasteiger partial charge in [0.05, 0.1) is 11.2 Å². The Morgan fingerprint density at radius 1 is 1.28 bits per heavy atom. The number of anilines is 1. The molecular formula is C19H19F6N3O3S. The lowest BCUT2D eigenvalue weighted by Crippen LogP contribution is -2.48. The van der Waals surface area contributed by atoms with E-state index in [9.17, 15) is 39.6 Å². The minimum Gasteiger partial charge on any atom is -0.343 e. The van der Waals surface area contributed by atoms with Crippen LogP contribution in [0.2, 0.25) is 0 Å². The Labute approximate surface area is 179 Å². The van der Waals surface area contributed by atoms with Crippen LogP contribution < -0.4 is 5.32 Å². The Kier molecular flexibility index (Phi) is 6.09. The molecule has 0 radical (unpaired) electrons. The zero-order valence-corrected chi connectivity index (χ0v) is 17.7. The summed E-state index contributed by atoms with van der Waals surface area (Å²) < 4.78 is 107. The fraction of sp³-hybridized carbons (Fsp3) is 0.474. The molecule has 0 saturated heterocycles. The van der Waals surface area contributed by atoms with Crippen LogP contribution in [-0.4, -0.2) is 35.8 Å². The Bertz CT molecular complexity index is 1150. The van der Waals surface area contributed by atoms with Gasteiger partial charge in [0.25, 0.3) is 12.3 Å². The second-order valence-electron chi connectivity index (χ2n) is 7.83. The van der Waals surface area contributed by atoms with Gasteiger partial charge in [-0.2, -0.15) is 13.2 Å².